The van der Waals surface area contributed by atoms with Gasteiger partial charge in [-0.15, -0.1) is 0 Å². The van der Waals surface area contributed by atoms with E-state index in [1.807, 2.05) is 0 Å². The van der Waals surface area contributed by atoms with Crippen LogP contribution in [0.15, 0.2) is 26.4 Å². The third kappa shape index (κ3) is 4.01. The predicted molar refractivity (Wildman–Crippen MR) is 99.1 cm³/mol. The quantitative estimate of drug-likeness (QED) is 0.622. The lowest BCUT2D eigenvalue weighted by atomic mass is 10.2. The van der Waals surface area contributed by atoms with Gasteiger partial charge in [0.15, 0.2) is 0 Å². The van der Waals surface area contributed by atoms with Crippen molar-refractivity contribution in [2.45, 2.75) is 44.4 Å². The summed E-state index contributed by atoms with van der Waals surface area (Å²) < 4.78 is 54.2. The number of aryl methyl sites for hydroxylation is 1. The molecule has 9 heteroatoms. The van der Waals surface area contributed by atoms with Crippen molar-refractivity contribution in [3.63, 3.8) is 0 Å². The van der Waals surface area contributed by atoms with Crippen molar-refractivity contribution in [2.24, 2.45) is 0 Å². The van der Waals surface area contributed by atoms with Crippen LogP contribution >= 0.6 is 15.9 Å². The minimum atomic E-state index is -3.77. The van der Waals surface area contributed by atoms with E-state index in [-0.39, 0.29) is 9.79 Å². The number of sulfonamides is 2. The second-order valence-electron chi connectivity index (χ2n) is 5.23. The van der Waals surface area contributed by atoms with E-state index in [0.717, 1.165) is 0 Å². The molecule has 0 atom stereocenters. The first kappa shape index (κ1) is 21.6. The van der Waals surface area contributed by atoms with E-state index < -0.39 is 20.0 Å². The minimum Gasteiger partial charge on any atom is -0.207 e. The first-order chi connectivity index (χ1) is 11.1. The maximum absolute atomic E-state index is 12.8. The zero-order valence-electron chi connectivity index (χ0n) is 14.7. The Hall–Kier alpha value is -0.480. The standard InChI is InChI=1S/C15H25BrN2O4S2/c1-6-17(7-2)23(19,20)13-10-12(5)15(16)14(11-13)24(21,22)18(8-3)9-4/h10-11H,6-9H2,1-5H3. The summed E-state index contributed by atoms with van der Waals surface area (Å²) in [5.74, 6) is 0. The lowest BCUT2D eigenvalue weighted by Crippen LogP contribution is -2.32. The van der Waals surface area contributed by atoms with Crippen LogP contribution in [0.25, 0.3) is 0 Å². The van der Waals surface area contributed by atoms with E-state index in [0.29, 0.717) is 36.2 Å². The van der Waals surface area contributed by atoms with Gasteiger partial charge in [0.2, 0.25) is 20.0 Å². The van der Waals surface area contributed by atoms with Gasteiger partial charge in [0.1, 0.15) is 0 Å². The molecule has 0 aromatic heterocycles. The summed E-state index contributed by atoms with van der Waals surface area (Å²) in [6, 6.07) is 2.75. The van der Waals surface area contributed by atoms with Gasteiger partial charge in [0, 0.05) is 30.7 Å². The molecule has 0 radical (unpaired) electrons. The Morgan fingerprint density at radius 3 is 1.67 bits per heavy atom. The van der Waals surface area contributed by atoms with Gasteiger partial charge in [-0.05, 0) is 40.5 Å². The average molecular weight is 441 g/mol. The molecule has 24 heavy (non-hydrogen) atoms. The molecule has 1 rings (SSSR count). The molecule has 6 nitrogen and oxygen atoms in total. The first-order valence-corrected chi connectivity index (χ1v) is 11.6. The van der Waals surface area contributed by atoms with E-state index in [4.69, 9.17) is 0 Å². The smallest absolute Gasteiger partial charge is 0.207 e. The van der Waals surface area contributed by atoms with E-state index in [1.165, 1.54) is 20.7 Å². The van der Waals surface area contributed by atoms with Gasteiger partial charge < -0.3 is 0 Å². The second-order valence-corrected chi connectivity index (χ2v) is 9.87. The van der Waals surface area contributed by atoms with Crippen LogP contribution in [0.2, 0.25) is 0 Å². The molecule has 138 valence electrons. The lowest BCUT2D eigenvalue weighted by molar-refractivity contribution is 0.442. The fourth-order valence-corrected chi connectivity index (χ4v) is 6.57. The van der Waals surface area contributed by atoms with Gasteiger partial charge in [0.25, 0.3) is 0 Å². The van der Waals surface area contributed by atoms with Crippen molar-refractivity contribution in [3.8, 4) is 0 Å². The molecule has 0 bridgehead atoms. The highest BCUT2D eigenvalue weighted by Crippen LogP contribution is 2.32. The molecule has 0 saturated heterocycles. The average Bonchev–Trinajstić information content (AvgIpc) is 2.51. The highest BCUT2D eigenvalue weighted by Gasteiger charge is 2.29. The van der Waals surface area contributed by atoms with Crippen molar-refractivity contribution in [3.05, 3.63) is 22.2 Å². The van der Waals surface area contributed by atoms with Gasteiger partial charge in [0.05, 0.1) is 9.79 Å². The number of hydrogen-bond acceptors (Lipinski definition) is 4. The van der Waals surface area contributed by atoms with Crippen LogP contribution in [-0.4, -0.2) is 51.6 Å². The number of benzene rings is 1. The fraction of sp³-hybridized carbons (Fsp3) is 0.600. The summed E-state index contributed by atoms with van der Waals surface area (Å²) in [5, 5.41) is 0. The number of rotatable bonds is 8. The van der Waals surface area contributed by atoms with Crippen LogP contribution in [0.1, 0.15) is 33.3 Å². The van der Waals surface area contributed by atoms with Crippen molar-refractivity contribution in [2.75, 3.05) is 26.2 Å². The van der Waals surface area contributed by atoms with Crippen LogP contribution in [-0.2, 0) is 20.0 Å². The third-order valence-electron chi connectivity index (χ3n) is 3.86. The zero-order valence-corrected chi connectivity index (χ0v) is 17.9. The molecule has 0 heterocycles. The molecule has 0 aliphatic heterocycles. The van der Waals surface area contributed by atoms with Crippen LogP contribution in [0, 0.1) is 6.92 Å². The molecule has 0 amide bonds. The highest BCUT2D eigenvalue weighted by atomic mass is 79.9. The van der Waals surface area contributed by atoms with Crippen LogP contribution < -0.4 is 0 Å². The zero-order chi connectivity index (χ0) is 18.7. The molecule has 0 aliphatic rings. The first-order valence-electron chi connectivity index (χ1n) is 7.88. The molecule has 1 aromatic rings. The molecular formula is C15H25BrN2O4S2. The van der Waals surface area contributed by atoms with E-state index in [2.05, 4.69) is 15.9 Å². The monoisotopic (exact) mass is 440 g/mol. The number of hydrogen-bond donors (Lipinski definition) is 0. The largest absolute Gasteiger partial charge is 0.244 e. The summed E-state index contributed by atoms with van der Waals surface area (Å²) in [7, 11) is -7.51. The molecule has 0 aliphatic carbocycles. The maximum atomic E-state index is 12.8. The Labute approximate surface area is 154 Å². The second kappa shape index (κ2) is 8.27. The van der Waals surface area contributed by atoms with E-state index in [1.54, 1.807) is 34.6 Å². The third-order valence-corrected chi connectivity index (χ3v) is 9.28. The number of nitrogens with zero attached hydrogens (tertiary/aromatic N) is 2. The van der Waals surface area contributed by atoms with Crippen molar-refractivity contribution < 1.29 is 16.8 Å². The Balaban J connectivity index is 3.66. The summed E-state index contributed by atoms with van der Waals surface area (Å²) in [4.78, 5) is -0.0189. The SMILES string of the molecule is CCN(CC)S(=O)(=O)c1cc(C)c(Br)c(S(=O)(=O)N(CC)CC)c1. The van der Waals surface area contributed by atoms with Gasteiger partial charge in [-0.2, -0.15) is 8.61 Å². The van der Waals surface area contributed by atoms with E-state index >= 15 is 0 Å². The Kier molecular flexibility index (Phi) is 7.43. The summed E-state index contributed by atoms with van der Waals surface area (Å²) in [5.41, 5.74) is 0.564. The molecule has 0 unspecified atom stereocenters. The van der Waals surface area contributed by atoms with E-state index in [9.17, 15) is 16.8 Å². The summed E-state index contributed by atoms with van der Waals surface area (Å²) in [6.45, 7) is 9.97. The molecule has 0 spiro atoms. The van der Waals surface area contributed by atoms with Gasteiger partial charge in [-0.25, -0.2) is 16.8 Å². The van der Waals surface area contributed by atoms with Crippen molar-refractivity contribution in [1.29, 1.82) is 0 Å². The van der Waals surface area contributed by atoms with Gasteiger partial charge in [-0.1, -0.05) is 27.7 Å². The van der Waals surface area contributed by atoms with Crippen molar-refractivity contribution >= 4 is 36.0 Å². The Morgan fingerprint density at radius 1 is 0.833 bits per heavy atom. The maximum Gasteiger partial charge on any atom is 0.244 e. The normalized spacial score (nSPS) is 13.0. The molecule has 1 aromatic carbocycles. The van der Waals surface area contributed by atoms with Crippen LogP contribution in [0.4, 0.5) is 0 Å². The minimum absolute atomic E-state index is 0.00219. The van der Waals surface area contributed by atoms with Gasteiger partial charge in [-0.3, -0.25) is 0 Å². The number of halogens is 1. The van der Waals surface area contributed by atoms with Gasteiger partial charge >= 0.3 is 0 Å². The molecule has 0 saturated carbocycles. The molecule has 0 N–H and O–H groups in total. The topological polar surface area (TPSA) is 74.8 Å². The summed E-state index contributed by atoms with van der Waals surface area (Å²) in [6.07, 6.45) is 0. The van der Waals surface area contributed by atoms with Crippen molar-refractivity contribution in [1.82, 2.24) is 8.61 Å². The molecule has 0 fully saturated rings. The Bertz CT molecular complexity index is 784. The predicted octanol–water partition coefficient (Wildman–Crippen LogP) is 2.82. The summed E-state index contributed by atoms with van der Waals surface area (Å²) >= 11 is 3.30. The van der Waals surface area contributed by atoms with Crippen LogP contribution in [0.3, 0.4) is 0 Å². The fourth-order valence-electron chi connectivity index (χ4n) is 2.46. The van der Waals surface area contributed by atoms with Crippen LogP contribution in [0.5, 0.6) is 0 Å². The highest BCUT2D eigenvalue weighted by molar-refractivity contribution is 9.10. The Morgan fingerprint density at radius 2 is 1.25 bits per heavy atom. The molecular weight excluding hydrogens is 416 g/mol. The lowest BCUT2D eigenvalue weighted by Gasteiger charge is -2.22.